The number of benzene rings is 1. The normalized spacial score (nSPS) is 11.1. The number of thiazole rings is 1. The zero-order chi connectivity index (χ0) is 21.0. The van der Waals surface area contributed by atoms with E-state index in [0.29, 0.717) is 5.02 Å². The fourth-order valence-corrected chi connectivity index (χ4v) is 4.35. The number of aromatic nitrogens is 3. The Kier molecular flexibility index (Phi) is 7.09. The standard InChI is InChI=1S/C22H27ClN4OS/c1-5-6-7-9-18-15(3)26-27(16(18)4)22-24-17(13-29-22)12-21(28)25-20-11-8-10-19(23)14(20)2/h8,10-11,13H,5-7,9,12H2,1-4H3,(H,25,28). The molecular weight excluding hydrogens is 404 g/mol. The van der Waals surface area contributed by atoms with Crippen molar-refractivity contribution in [1.82, 2.24) is 14.8 Å². The lowest BCUT2D eigenvalue weighted by Gasteiger charge is -2.08. The third-order valence-electron chi connectivity index (χ3n) is 5.08. The summed E-state index contributed by atoms with van der Waals surface area (Å²) in [7, 11) is 0. The van der Waals surface area contributed by atoms with Gasteiger partial charge in [-0.1, -0.05) is 37.4 Å². The molecule has 0 saturated carbocycles. The summed E-state index contributed by atoms with van der Waals surface area (Å²) in [6, 6.07) is 5.48. The Morgan fingerprint density at radius 3 is 2.79 bits per heavy atom. The number of carbonyl (C=O) groups excluding carboxylic acids is 1. The number of carbonyl (C=O) groups is 1. The molecule has 0 atom stereocenters. The summed E-state index contributed by atoms with van der Waals surface area (Å²) in [5.74, 6) is -0.110. The van der Waals surface area contributed by atoms with E-state index in [0.717, 1.165) is 39.9 Å². The van der Waals surface area contributed by atoms with Crippen LogP contribution in [0.5, 0.6) is 0 Å². The number of hydrogen-bond donors (Lipinski definition) is 1. The third-order valence-corrected chi connectivity index (χ3v) is 6.35. The first-order valence-electron chi connectivity index (χ1n) is 9.95. The molecule has 154 valence electrons. The van der Waals surface area contributed by atoms with E-state index in [4.69, 9.17) is 16.7 Å². The van der Waals surface area contributed by atoms with E-state index in [2.05, 4.69) is 31.1 Å². The monoisotopic (exact) mass is 430 g/mol. The maximum Gasteiger partial charge on any atom is 0.230 e. The lowest BCUT2D eigenvalue weighted by Crippen LogP contribution is -2.15. The van der Waals surface area contributed by atoms with Crippen LogP contribution in [0.2, 0.25) is 5.02 Å². The third kappa shape index (κ3) is 5.06. The summed E-state index contributed by atoms with van der Waals surface area (Å²) >= 11 is 7.64. The molecular formula is C22H27ClN4OS. The molecule has 0 aliphatic heterocycles. The molecule has 2 heterocycles. The van der Waals surface area contributed by atoms with Crippen molar-refractivity contribution in [3.8, 4) is 5.13 Å². The van der Waals surface area contributed by atoms with Crippen molar-refractivity contribution in [2.45, 2.75) is 59.8 Å². The van der Waals surface area contributed by atoms with Gasteiger partial charge >= 0.3 is 0 Å². The summed E-state index contributed by atoms with van der Waals surface area (Å²) < 4.78 is 1.91. The van der Waals surface area contributed by atoms with Gasteiger partial charge in [0.1, 0.15) is 0 Å². The van der Waals surface area contributed by atoms with Crippen LogP contribution in [0.25, 0.3) is 5.13 Å². The topological polar surface area (TPSA) is 59.8 Å². The minimum atomic E-state index is -0.110. The molecule has 0 aliphatic rings. The Morgan fingerprint density at radius 1 is 1.24 bits per heavy atom. The van der Waals surface area contributed by atoms with Crippen LogP contribution in [-0.4, -0.2) is 20.7 Å². The number of aryl methyl sites for hydroxylation is 1. The van der Waals surface area contributed by atoms with Crippen molar-refractivity contribution in [3.05, 3.63) is 56.8 Å². The summed E-state index contributed by atoms with van der Waals surface area (Å²) in [5, 5.41) is 11.0. The minimum Gasteiger partial charge on any atom is -0.325 e. The Hall–Kier alpha value is -2.18. The van der Waals surface area contributed by atoms with Crippen LogP contribution in [0.4, 0.5) is 5.69 Å². The van der Waals surface area contributed by atoms with Crippen LogP contribution in [0.1, 0.15) is 54.4 Å². The van der Waals surface area contributed by atoms with Crippen molar-refractivity contribution in [2.24, 2.45) is 0 Å². The van der Waals surface area contributed by atoms with Gasteiger partial charge in [0.15, 0.2) is 0 Å². The largest absolute Gasteiger partial charge is 0.325 e. The molecule has 0 unspecified atom stereocenters. The van der Waals surface area contributed by atoms with Crippen molar-refractivity contribution >= 4 is 34.5 Å². The van der Waals surface area contributed by atoms with Crippen LogP contribution in [-0.2, 0) is 17.6 Å². The van der Waals surface area contributed by atoms with Crippen LogP contribution < -0.4 is 5.32 Å². The van der Waals surface area contributed by atoms with Gasteiger partial charge in [-0.3, -0.25) is 4.79 Å². The number of nitrogens with one attached hydrogen (secondary N) is 1. The average molecular weight is 431 g/mol. The number of unbranched alkanes of at least 4 members (excludes halogenated alkanes) is 2. The van der Waals surface area contributed by atoms with Gasteiger partial charge in [-0.15, -0.1) is 11.3 Å². The van der Waals surface area contributed by atoms with Crippen molar-refractivity contribution < 1.29 is 4.79 Å². The lowest BCUT2D eigenvalue weighted by atomic mass is 10.1. The lowest BCUT2D eigenvalue weighted by molar-refractivity contribution is -0.115. The second-order valence-electron chi connectivity index (χ2n) is 7.28. The molecule has 3 rings (SSSR count). The molecule has 5 nitrogen and oxygen atoms in total. The van der Waals surface area contributed by atoms with Crippen molar-refractivity contribution in [3.63, 3.8) is 0 Å². The zero-order valence-electron chi connectivity index (χ0n) is 17.4. The van der Waals surface area contributed by atoms with Crippen LogP contribution >= 0.6 is 22.9 Å². The predicted octanol–water partition coefficient (Wildman–Crippen LogP) is 5.82. The first-order valence-corrected chi connectivity index (χ1v) is 11.2. The molecule has 0 saturated heterocycles. The fraction of sp³-hybridized carbons (Fsp3) is 0.409. The molecule has 0 radical (unpaired) electrons. The summed E-state index contributed by atoms with van der Waals surface area (Å²) in [5.41, 5.74) is 5.84. The van der Waals surface area contributed by atoms with Crippen LogP contribution in [0.15, 0.2) is 23.6 Å². The molecule has 0 fully saturated rings. The molecule has 1 amide bonds. The van der Waals surface area contributed by atoms with Crippen molar-refractivity contribution in [2.75, 3.05) is 5.32 Å². The van der Waals surface area contributed by atoms with E-state index in [-0.39, 0.29) is 12.3 Å². The molecule has 3 aromatic rings. The van der Waals surface area contributed by atoms with E-state index in [1.165, 1.54) is 36.2 Å². The van der Waals surface area contributed by atoms with Gasteiger partial charge in [0.05, 0.1) is 17.8 Å². The van der Waals surface area contributed by atoms with E-state index in [9.17, 15) is 4.79 Å². The number of nitrogens with zero attached hydrogens (tertiary/aromatic N) is 3. The molecule has 7 heteroatoms. The van der Waals surface area contributed by atoms with Gasteiger partial charge in [0, 0.05) is 21.8 Å². The molecule has 0 aliphatic carbocycles. The SMILES string of the molecule is CCCCCc1c(C)nn(-c2nc(CC(=O)Nc3cccc(Cl)c3C)cs2)c1C. The molecule has 0 spiro atoms. The van der Waals surface area contributed by atoms with Crippen LogP contribution in [0.3, 0.4) is 0 Å². The number of rotatable bonds is 8. The quantitative estimate of drug-likeness (QED) is 0.458. The summed E-state index contributed by atoms with van der Waals surface area (Å²) in [6.07, 6.45) is 4.87. The van der Waals surface area contributed by atoms with Gasteiger partial charge < -0.3 is 5.32 Å². The average Bonchev–Trinajstić information content (AvgIpc) is 3.24. The number of anilines is 1. The summed E-state index contributed by atoms with van der Waals surface area (Å²) in [4.78, 5) is 17.1. The van der Waals surface area contributed by atoms with Gasteiger partial charge in [0.25, 0.3) is 0 Å². The second kappa shape index (κ2) is 9.55. The van der Waals surface area contributed by atoms with Gasteiger partial charge in [0.2, 0.25) is 11.0 Å². The molecule has 1 aromatic carbocycles. The second-order valence-corrected chi connectivity index (χ2v) is 8.52. The van der Waals surface area contributed by atoms with Gasteiger partial charge in [-0.25, -0.2) is 9.67 Å². The Bertz CT molecular complexity index is 1010. The first-order chi connectivity index (χ1) is 13.9. The molecule has 29 heavy (non-hydrogen) atoms. The van der Waals surface area contributed by atoms with E-state index >= 15 is 0 Å². The molecule has 0 bridgehead atoms. The first kappa shape index (κ1) is 21.5. The highest BCUT2D eigenvalue weighted by molar-refractivity contribution is 7.12. The van der Waals surface area contributed by atoms with Crippen LogP contribution in [0, 0.1) is 20.8 Å². The zero-order valence-corrected chi connectivity index (χ0v) is 19.0. The summed E-state index contributed by atoms with van der Waals surface area (Å²) in [6.45, 7) is 8.25. The highest BCUT2D eigenvalue weighted by Crippen LogP contribution is 2.24. The Labute approximate surface area is 181 Å². The highest BCUT2D eigenvalue weighted by Gasteiger charge is 2.16. The fourth-order valence-electron chi connectivity index (χ4n) is 3.35. The smallest absolute Gasteiger partial charge is 0.230 e. The highest BCUT2D eigenvalue weighted by atomic mass is 35.5. The number of hydrogen-bond acceptors (Lipinski definition) is 4. The van der Waals surface area contributed by atoms with E-state index < -0.39 is 0 Å². The van der Waals surface area contributed by atoms with Crippen molar-refractivity contribution in [1.29, 1.82) is 0 Å². The molecule has 1 N–H and O–H groups in total. The maximum absolute atomic E-state index is 12.5. The van der Waals surface area contributed by atoms with Gasteiger partial charge in [-0.2, -0.15) is 5.10 Å². The minimum absolute atomic E-state index is 0.110. The van der Waals surface area contributed by atoms with E-state index in [1.54, 1.807) is 0 Å². The van der Waals surface area contributed by atoms with Gasteiger partial charge in [-0.05, 0) is 56.9 Å². The number of halogens is 1. The predicted molar refractivity (Wildman–Crippen MR) is 120 cm³/mol. The Morgan fingerprint density at radius 2 is 2.03 bits per heavy atom. The Balaban J connectivity index is 1.70. The number of amides is 1. The maximum atomic E-state index is 12.5. The molecule has 2 aromatic heterocycles. The van der Waals surface area contributed by atoms with E-state index in [1.807, 2.05) is 35.2 Å².